The van der Waals surface area contributed by atoms with E-state index in [1.165, 1.54) is 38.5 Å². The maximum atomic E-state index is 12.8. The van der Waals surface area contributed by atoms with Gasteiger partial charge in [0.05, 0.1) is 6.61 Å². The number of unbranched alkanes of at least 4 members (excludes halogenated alkanes) is 15. The third kappa shape index (κ3) is 29.5. The van der Waals surface area contributed by atoms with E-state index >= 15 is 0 Å². The van der Waals surface area contributed by atoms with E-state index in [-0.39, 0.29) is 12.8 Å². The van der Waals surface area contributed by atoms with Gasteiger partial charge in [0.25, 0.3) is 0 Å². The summed E-state index contributed by atoms with van der Waals surface area (Å²) in [7, 11) is -5.13. The van der Waals surface area contributed by atoms with Crippen molar-refractivity contribution in [3.8, 4) is 0 Å². The molecule has 0 aromatic heterocycles. The molecule has 6 unspecified atom stereocenters. The Morgan fingerprint density at radius 2 is 0.934 bits per heavy atom. The van der Waals surface area contributed by atoms with E-state index in [1.807, 2.05) is 0 Å². The first kappa shape index (κ1) is 56.6. The highest BCUT2D eigenvalue weighted by Crippen LogP contribution is 2.47. The molecule has 14 heteroatoms. The number of aliphatic hydroxyl groups is 5. The van der Waals surface area contributed by atoms with Gasteiger partial charge in [-0.25, -0.2) is 4.57 Å². The Morgan fingerprint density at radius 1 is 0.525 bits per heavy atom. The van der Waals surface area contributed by atoms with Gasteiger partial charge in [0.15, 0.2) is 6.10 Å². The van der Waals surface area contributed by atoms with E-state index in [0.717, 1.165) is 89.9 Å². The fraction of sp³-hybridized carbons (Fsp3) is 0.745. The number of ether oxygens (including phenoxy) is 2. The van der Waals surface area contributed by atoms with Crippen molar-refractivity contribution >= 4 is 19.8 Å². The van der Waals surface area contributed by atoms with Crippen LogP contribution in [-0.4, -0.2) is 98.3 Å². The lowest BCUT2D eigenvalue weighted by atomic mass is 9.85. The van der Waals surface area contributed by atoms with Crippen LogP contribution in [0.3, 0.4) is 0 Å². The molecule has 0 radical (unpaired) electrons. The molecule has 0 aliphatic heterocycles. The first-order chi connectivity index (χ1) is 29.4. The standard InChI is InChI=1S/C47H81O13P/c1-3-5-7-9-11-13-15-17-19-20-22-23-25-27-29-31-33-35-40(48)57-37-39(38-58-61(55,56)60-47-45(53)43(51)42(50)44(52)46(47)54)59-41(49)36-34-32-30-28-26-24-21-18-16-14-12-10-8-6-4-2/h5,7,11,13,17-19,21-23,39,42-47,50-54H,3-4,6,8-10,12,14-16,20,24-38H2,1-2H3,(H,55,56)/b7-5-,13-11-,19-17-,21-18-,23-22-/t39-,42?,43-,44?,45?,46?,47?/m1/s1. The number of carbonyl (C=O) groups is 2. The van der Waals surface area contributed by atoms with Crippen LogP contribution >= 0.6 is 7.82 Å². The van der Waals surface area contributed by atoms with Crippen LogP contribution in [0.2, 0.25) is 0 Å². The Kier molecular flexibility index (Phi) is 34.3. The first-order valence-electron chi connectivity index (χ1n) is 23.1. The molecule has 1 saturated carbocycles. The van der Waals surface area contributed by atoms with Crippen molar-refractivity contribution in [1.29, 1.82) is 0 Å². The second kappa shape index (κ2) is 37.0. The molecular formula is C47H81O13P. The Bertz CT molecular complexity index is 1300. The van der Waals surface area contributed by atoms with Crippen molar-refractivity contribution in [2.24, 2.45) is 0 Å². The Hall–Kier alpha value is -2.45. The maximum absolute atomic E-state index is 12.8. The molecule has 1 aliphatic rings. The minimum absolute atomic E-state index is 0.0787. The summed E-state index contributed by atoms with van der Waals surface area (Å²) in [6, 6.07) is 0. The molecular weight excluding hydrogens is 803 g/mol. The van der Waals surface area contributed by atoms with Gasteiger partial charge in [-0.1, -0.05) is 139 Å². The number of carbonyl (C=O) groups excluding carboxylic acids is 2. The van der Waals surface area contributed by atoms with Gasteiger partial charge in [-0.3, -0.25) is 18.6 Å². The second-order valence-electron chi connectivity index (χ2n) is 15.9. The van der Waals surface area contributed by atoms with Crippen LogP contribution in [0.25, 0.3) is 0 Å². The van der Waals surface area contributed by atoms with Crippen LogP contribution < -0.4 is 0 Å². The lowest BCUT2D eigenvalue weighted by molar-refractivity contribution is -0.220. The monoisotopic (exact) mass is 885 g/mol. The molecule has 0 heterocycles. The predicted molar refractivity (Wildman–Crippen MR) is 239 cm³/mol. The van der Waals surface area contributed by atoms with Gasteiger partial charge in [0.1, 0.15) is 43.2 Å². The van der Waals surface area contributed by atoms with Crippen LogP contribution in [0, 0.1) is 0 Å². The molecule has 61 heavy (non-hydrogen) atoms. The molecule has 0 aromatic rings. The smallest absolute Gasteiger partial charge is 0.462 e. The lowest BCUT2D eigenvalue weighted by Crippen LogP contribution is -2.64. The van der Waals surface area contributed by atoms with Gasteiger partial charge in [0.2, 0.25) is 0 Å². The van der Waals surface area contributed by atoms with Crippen LogP contribution in [0.5, 0.6) is 0 Å². The second-order valence-corrected chi connectivity index (χ2v) is 17.3. The Labute approximate surface area is 366 Å². The number of esters is 2. The summed E-state index contributed by atoms with van der Waals surface area (Å²) >= 11 is 0. The third-order valence-corrected chi connectivity index (χ3v) is 11.3. The zero-order valence-corrected chi connectivity index (χ0v) is 38.1. The largest absolute Gasteiger partial charge is 0.472 e. The summed E-state index contributed by atoms with van der Waals surface area (Å²) in [5.74, 6) is -1.14. The van der Waals surface area contributed by atoms with E-state index in [4.69, 9.17) is 18.5 Å². The number of aliphatic hydroxyl groups excluding tert-OH is 5. The van der Waals surface area contributed by atoms with Crippen molar-refractivity contribution in [1.82, 2.24) is 0 Å². The van der Waals surface area contributed by atoms with Crippen LogP contribution in [-0.2, 0) is 32.7 Å². The molecule has 1 fully saturated rings. The van der Waals surface area contributed by atoms with Crippen LogP contribution in [0.1, 0.15) is 168 Å². The van der Waals surface area contributed by atoms with Crippen LogP contribution in [0.4, 0.5) is 0 Å². The summed E-state index contributed by atoms with van der Waals surface area (Å²) in [5, 5.41) is 50.1. The van der Waals surface area contributed by atoms with Crippen molar-refractivity contribution in [2.45, 2.75) is 211 Å². The topological polar surface area (TPSA) is 210 Å². The van der Waals surface area contributed by atoms with Gasteiger partial charge in [-0.2, -0.15) is 0 Å². The summed E-state index contributed by atoms with van der Waals surface area (Å²) in [6.07, 6.45) is 31.3. The van der Waals surface area contributed by atoms with E-state index in [1.54, 1.807) is 0 Å². The average molecular weight is 885 g/mol. The number of hydrogen-bond donors (Lipinski definition) is 6. The minimum atomic E-state index is -5.13. The summed E-state index contributed by atoms with van der Waals surface area (Å²) in [5.41, 5.74) is 0. The number of rotatable bonds is 37. The quantitative estimate of drug-likeness (QED) is 0.0149. The molecule has 13 nitrogen and oxygen atoms in total. The molecule has 352 valence electrons. The minimum Gasteiger partial charge on any atom is -0.462 e. The van der Waals surface area contributed by atoms with Gasteiger partial charge in [-0.15, -0.1) is 0 Å². The summed E-state index contributed by atoms with van der Waals surface area (Å²) in [4.78, 5) is 35.7. The molecule has 0 saturated heterocycles. The van der Waals surface area contributed by atoms with E-state index < -0.39 is 75.7 Å². The highest BCUT2D eigenvalue weighted by atomic mass is 31.2. The molecule has 0 aromatic carbocycles. The lowest BCUT2D eigenvalue weighted by Gasteiger charge is -2.41. The van der Waals surface area contributed by atoms with Crippen molar-refractivity contribution in [3.05, 3.63) is 60.8 Å². The molecule has 6 N–H and O–H groups in total. The van der Waals surface area contributed by atoms with E-state index in [9.17, 15) is 44.6 Å². The first-order valence-corrected chi connectivity index (χ1v) is 24.6. The fourth-order valence-electron chi connectivity index (χ4n) is 6.62. The van der Waals surface area contributed by atoms with Gasteiger partial charge in [0, 0.05) is 12.8 Å². The third-order valence-electron chi connectivity index (χ3n) is 10.3. The van der Waals surface area contributed by atoms with Gasteiger partial charge in [-0.05, 0) is 77.0 Å². The highest BCUT2D eigenvalue weighted by molar-refractivity contribution is 7.47. The molecule has 0 spiro atoms. The number of hydrogen-bond acceptors (Lipinski definition) is 12. The maximum Gasteiger partial charge on any atom is 0.472 e. The van der Waals surface area contributed by atoms with Crippen molar-refractivity contribution in [3.63, 3.8) is 0 Å². The fourth-order valence-corrected chi connectivity index (χ4v) is 7.60. The van der Waals surface area contributed by atoms with E-state index in [2.05, 4.69) is 74.6 Å². The van der Waals surface area contributed by atoms with Gasteiger partial charge < -0.3 is 39.9 Å². The summed E-state index contributed by atoms with van der Waals surface area (Å²) < 4.78 is 33.5. The van der Waals surface area contributed by atoms with Crippen molar-refractivity contribution < 1.29 is 63.1 Å². The molecule has 1 rings (SSSR count). The molecule has 0 amide bonds. The van der Waals surface area contributed by atoms with Crippen LogP contribution in [0.15, 0.2) is 60.8 Å². The number of phosphoric acid groups is 1. The highest BCUT2D eigenvalue weighted by Gasteiger charge is 2.51. The Balaban J connectivity index is 2.49. The number of allylic oxidation sites excluding steroid dienone is 10. The average Bonchev–Trinajstić information content (AvgIpc) is 3.24. The molecule has 1 aliphatic carbocycles. The Morgan fingerprint density at radius 3 is 1.44 bits per heavy atom. The van der Waals surface area contributed by atoms with E-state index in [0.29, 0.717) is 12.8 Å². The summed E-state index contributed by atoms with van der Waals surface area (Å²) in [6.45, 7) is 3.14. The zero-order chi connectivity index (χ0) is 45.0. The zero-order valence-electron chi connectivity index (χ0n) is 37.2. The van der Waals surface area contributed by atoms with Gasteiger partial charge >= 0.3 is 19.8 Å². The normalized spacial score (nSPS) is 22.6. The van der Waals surface area contributed by atoms with Crippen molar-refractivity contribution in [2.75, 3.05) is 13.2 Å². The number of phosphoric ester groups is 1. The molecule has 8 atom stereocenters. The molecule has 0 bridgehead atoms. The SMILES string of the molecule is CC/C=C\C/C=C\C/C=C\C/C=C\CCCCCCC(=O)OC[C@H](COP(=O)(O)OC1C(O)C(O)C(O)[C@@H](O)C1O)OC(=O)CCCCCCC/C=C\CCCCCCCC. The predicted octanol–water partition coefficient (Wildman–Crippen LogP) is 8.94.